The third-order valence-corrected chi connectivity index (χ3v) is 4.53. The molecule has 2 aromatic rings. The van der Waals surface area contributed by atoms with Crippen molar-refractivity contribution in [2.45, 2.75) is 34.6 Å². The molecule has 0 fully saturated rings. The van der Waals surface area contributed by atoms with E-state index in [4.69, 9.17) is 0 Å². The number of carbonyl (C=O) groups is 4. The monoisotopic (exact) mass is 457 g/mol. The van der Waals surface area contributed by atoms with Crippen LogP contribution < -0.4 is 4.90 Å². The van der Waals surface area contributed by atoms with Crippen molar-refractivity contribution < 1.29 is 19.2 Å². The van der Waals surface area contributed by atoms with E-state index in [9.17, 15) is 19.2 Å². The van der Waals surface area contributed by atoms with Crippen molar-refractivity contribution in [3.63, 3.8) is 0 Å². The number of Topliss-reactive ketones (excluding diaryl/α,β-unsaturated/α-hetero) is 1. The van der Waals surface area contributed by atoms with Crippen molar-refractivity contribution in [1.82, 2.24) is 0 Å². The summed E-state index contributed by atoms with van der Waals surface area (Å²) in [6.45, 7) is 13.3. The molecule has 2 aromatic carbocycles. The first-order valence-corrected chi connectivity index (χ1v) is 11.3. The van der Waals surface area contributed by atoms with E-state index in [0.29, 0.717) is 11.1 Å². The quantitative estimate of drug-likeness (QED) is 0.213. The summed E-state index contributed by atoms with van der Waals surface area (Å²) in [5.41, 5.74) is 1.40. The van der Waals surface area contributed by atoms with Crippen molar-refractivity contribution in [2.24, 2.45) is 0 Å². The third-order valence-electron chi connectivity index (χ3n) is 4.53. The minimum atomic E-state index is -0.527. The van der Waals surface area contributed by atoms with Crippen molar-refractivity contribution >= 4 is 29.1 Å². The highest BCUT2D eigenvalue weighted by Crippen LogP contribution is 2.26. The van der Waals surface area contributed by atoms with Crippen LogP contribution >= 0.6 is 0 Å². The van der Waals surface area contributed by atoms with Crippen LogP contribution in [0.2, 0.25) is 0 Å². The van der Waals surface area contributed by atoms with Crippen molar-refractivity contribution in [3.05, 3.63) is 114 Å². The Kier molecular flexibility index (Phi) is 11.6. The zero-order valence-corrected chi connectivity index (χ0v) is 20.4. The summed E-state index contributed by atoms with van der Waals surface area (Å²) >= 11 is 0. The van der Waals surface area contributed by atoms with E-state index in [0.717, 1.165) is 17.1 Å². The molecule has 5 heteroatoms. The Labute approximate surface area is 201 Å². The van der Waals surface area contributed by atoms with E-state index < -0.39 is 11.8 Å². The molecule has 2 amide bonds. The number of hydrogen-bond acceptors (Lipinski definition) is 4. The van der Waals surface area contributed by atoms with Gasteiger partial charge in [-0.2, -0.15) is 0 Å². The summed E-state index contributed by atoms with van der Waals surface area (Å²) in [6.07, 6.45) is 8.73. The molecule has 0 unspecified atom stereocenters. The minimum Gasteiger partial charge on any atom is -0.289 e. The molecule has 0 spiro atoms. The van der Waals surface area contributed by atoms with Gasteiger partial charge in [-0.15, -0.1) is 0 Å². The van der Waals surface area contributed by atoms with Gasteiger partial charge in [0, 0.05) is 34.4 Å². The van der Waals surface area contributed by atoms with Gasteiger partial charge >= 0.3 is 0 Å². The molecule has 34 heavy (non-hydrogen) atoms. The van der Waals surface area contributed by atoms with Crippen LogP contribution in [-0.4, -0.2) is 23.4 Å². The number of hydrogen-bond donors (Lipinski definition) is 0. The number of nitrogens with zero attached hydrogens (tertiary/aromatic N) is 1. The van der Waals surface area contributed by atoms with Gasteiger partial charge in [0.15, 0.2) is 11.6 Å². The Morgan fingerprint density at radius 2 is 1.38 bits per heavy atom. The van der Waals surface area contributed by atoms with Crippen molar-refractivity contribution in [1.29, 1.82) is 0 Å². The van der Waals surface area contributed by atoms with Gasteiger partial charge < -0.3 is 0 Å². The van der Waals surface area contributed by atoms with Gasteiger partial charge in [0.05, 0.1) is 5.69 Å². The maximum Gasteiger partial charge on any atom is 0.258 e. The number of allylic oxidation sites excluding steroid dienone is 5. The lowest BCUT2D eigenvalue weighted by molar-refractivity contribution is -0.120. The number of ketones is 2. The van der Waals surface area contributed by atoms with E-state index in [2.05, 4.69) is 6.58 Å². The van der Waals surface area contributed by atoms with E-state index in [1.807, 2.05) is 27.7 Å². The Hall–Kier alpha value is -4.12. The lowest BCUT2D eigenvalue weighted by atomic mass is 9.96. The van der Waals surface area contributed by atoms with Crippen LogP contribution in [0.1, 0.15) is 60.9 Å². The molecule has 176 valence electrons. The number of imide groups is 1. The normalized spacial score (nSPS) is 12.6. The molecule has 0 radical (unpaired) electrons. The van der Waals surface area contributed by atoms with Crippen LogP contribution in [0.4, 0.5) is 5.69 Å². The maximum absolute atomic E-state index is 13.1. The molecule has 0 N–H and O–H groups in total. The second-order valence-electron chi connectivity index (χ2n) is 6.48. The summed E-state index contributed by atoms with van der Waals surface area (Å²) in [6, 6.07) is 13.0. The van der Waals surface area contributed by atoms with Gasteiger partial charge in [-0.1, -0.05) is 88.9 Å². The van der Waals surface area contributed by atoms with Crippen LogP contribution in [0.5, 0.6) is 0 Å². The molecule has 3 rings (SSSR count). The van der Waals surface area contributed by atoms with Crippen LogP contribution in [0.3, 0.4) is 0 Å². The van der Waals surface area contributed by atoms with Crippen molar-refractivity contribution in [2.75, 3.05) is 4.90 Å². The van der Waals surface area contributed by atoms with Gasteiger partial charge in [-0.05, 0) is 25.1 Å². The molecule has 1 heterocycles. The van der Waals surface area contributed by atoms with E-state index in [-0.39, 0.29) is 28.4 Å². The Bertz CT molecular complexity index is 1120. The summed E-state index contributed by atoms with van der Waals surface area (Å²) in [4.78, 5) is 51.3. The Balaban J connectivity index is 0.00000137. The second kappa shape index (κ2) is 14.1. The molecule has 0 bridgehead atoms. The topological polar surface area (TPSA) is 71.5 Å². The standard InChI is InChI=1S/C25H19NO4.2C2H6/c1-3-5-9-17(4-2)24(29)19-14-20(25(30)18-10-7-6-8-11-18)16-21(15-19)26-22(27)12-13-23(26)28;2*1-2/h3-16H,1H2,2H3;2*1-2H3/b9-5-,17-4+;;. The molecule has 0 saturated heterocycles. The summed E-state index contributed by atoms with van der Waals surface area (Å²) in [5, 5.41) is 0. The number of benzene rings is 2. The van der Waals surface area contributed by atoms with Crippen LogP contribution in [0, 0.1) is 0 Å². The summed E-state index contributed by atoms with van der Waals surface area (Å²) < 4.78 is 0. The molecule has 5 nitrogen and oxygen atoms in total. The fraction of sp³-hybridized carbons (Fsp3) is 0.172. The third kappa shape index (κ3) is 6.69. The number of amides is 2. The van der Waals surface area contributed by atoms with E-state index in [1.165, 1.54) is 18.2 Å². The number of rotatable bonds is 7. The van der Waals surface area contributed by atoms with E-state index >= 15 is 0 Å². The fourth-order valence-corrected chi connectivity index (χ4v) is 3.05. The Morgan fingerprint density at radius 1 is 0.824 bits per heavy atom. The second-order valence-corrected chi connectivity index (χ2v) is 6.48. The van der Waals surface area contributed by atoms with Crippen molar-refractivity contribution in [3.8, 4) is 0 Å². The highest BCUT2D eigenvalue weighted by Gasteiger charge is 2.27. The first-order valence-electron chi connectivity index (χ1n) is 11.3. The number of anilines is 1. The first kappa shape index (κ1) is 27.9. The predicted molar refractivity (Wildman–Crippen MR) is 138 cm³/mol. The molecule has 0 saturated carbocycles. The molecule has 0 aromatic heterocycles. The van der Waals surface area contributed by atoms with Gasteiger partial charge in [0.1, 0.15) is 0 Å². The smallest absolute Gasteiger partial charge is 0.258 e. The average Bonchev–Trinajstić information content (AvgIpc) is 3.24. The summed E-state index contributed by atoms with van der Waals surface area (Å²) in [5.74, 6) is -1.71. The molecular formula is C29H31NO4. The highest BCUT2D eigenvalue weighted by molar-refractivity contribution is 6.28. The summed E-state index contributed by atoms with van der Waals surface area (Å²) in [7, 11) is 0. The predicted octanol–water partition coefficient (Wildman–Crippen LogP) is 6.27. The van der Waals surface area contributed by atoms with Gasteiger partial charge in [-0.3, -0.25) is 19.2 Å². The lowest BCUT2D eigenvalue weighted by Crippen LogP contribution is -2.30. The average molecular weight is 458 g/mol. The Morgan fingerprint density at radius 3 is 1.91 bits per heavy atom. The molecule has 1 aliphatic heterocycles. The number of carbonyl (C=O) groups excluding carboxylic acids is 4. The maximum atomic E-state index is 13.1. The molecule has 0 atom stereocenters. The SMILES string of the molecule is C=C/C=C\C(=C/C)C(=O)c1cc(C(=O)c2ccccc2)cc(N2C(=O)C=CC2=O)c1.CC.CC. The highest BCUT2D eigenvalue weighted by atomic mass is 16.2. The van der Waals surface area contributed by atoms with Crippen LogP contribution in [0.25, 0.3) is 0 Å². The molecular weight excluding hydrogens is 426 g/mol. The van der Waals surface area contributed by atoms with Gasteiger partial charge in [-0.25, -0.2) is 4.90 Å². The minimum absolute atomic E-state index is 0.170. The van der Waals surface area contributed by atoms with Crippen LogP contribution in [-0.2, 0) is 9.59 Å². The molecule has 1 aliphatic rings. The first-order chi connectivity index (χ1) is 16.5. The lowest BCUT2D eigenvalue weighted by Gasteiger charge is -2.16. The zero-order chi connectivity index (χ0) is 25.7. The zero-order valence-electron chi connectivity index (χ0n) is 20.4. The van der Waals surface area contributed by atoms with E-state index in [1.54, 1.807) is 61.6 Å². The van der Waals surface area contributed by atoms with Crippen LogP contribution in [0.15, 0.2) is 97.1 Å². The van der Waals surface area contributed by atoms with Gasteiger partial charge in [0.2, 0.25) is 0 Å². The van der Waals surface area contributed by atoms with Gasteiger partial charge in [0.25, 0.3) is 11.8 Å². The largest absolute Gasteiger partial charge is 0.289 e. The molecule has 0 aliphatic carbocycles. The fourth-order valence-electron chi connectivity index (χ4n) is 3.05.